The Hall–Kier alpha value is -2.64. The largest absolute Gasteiger partial charge is 0.419 e. The van der Waals surface area contributed by atoms with E-state index >= 15 is 0 Å². The van der Waals surface area contributed by atoms with Crippen molar-refractivity contribution < 1.29 is 13.2 Å². The van der Waals surface area contributed by atoms with Crippen LogP contribution in [0.4, 0.5) is 8.78 Å². The summed E-state index contributed by atoms with van der Waals surface area (Å²) in [6.45, 7) is 6.02. The first-order valence-electron chi connectivity index (χ1n) is 9.39. The van der Waals surface area contributed by atoms with Gasteiger partial charge in [-0.2, -0.15) is 0 Å². The Morgan fingerprint density at radius 3 is 2.39 bits per heavy atom. The van der Waals surface area contributed by atoms with Gasteiger partial charge in [0, 0.05) is 43.9 Å². The standard InChI is InChI=1S/C21H22F2N4O/c1-15(20-24-25-21(28-20)16-6-8-18(22)9-7-16)27-12-10-26(11-13-27)14-17-4-2-3-5-19(17)23/h2-9,15H,10-14H2,1H3/t15-/m0/s1. The molecule has 0 N–H and O–H groups in total. The van der Waals surface area contributed by atoms with Crippen LogP contribution < -0.4 is 0 Å². The number of hydrogen-bond acceptors (Lipinski definition) is 5. The van der Waals surface area contributed by atoms with Gasteiger partial charge in [-0.05, 0) is 37.3 Å². The van der Waals surface area contributed by atoms with Crippen LogP contribution in [0.15, 0.2) is 52.9 Å². The van der Waals surface area contributed by atoms with Crippen molar-refractivity contribution in [1.82, 2.24) is 20.0 Å². The van der Waals surface area contributed by atoms with Gasteiger partial charge in [-0.3, -0.25) is 9.80 Å². The van der Waals surface area contributed by atoms with E-state index < -0.39 is 0 Å². The average Bonchev–Trinajstić information content (AvgIpc) is 3.20. The lowest BCUT2D eigenvalue weighted by Crippen LogP contribution is -2.46. The molecule has 0 saturated carbocycles. The molecule has 3 aromatic rings. The third-order valence-corrected chi connectivity index (χ3v) is 5.20. The molecule has 0 spiro atoms. The summed E-state index contributed by atoms with van der Waals surface area (Å²) in [5.41, 5.74) is 1.42. The fourth-order valence-corrected chi connectivity index (χ4v) is 3.44. The number of piperazine rings is 1. The molecular formula is C21H22F2N4O. The van der Waals surface area contributed by atoms with Crippen molar-refractivity contribution in [2.24, 2.45) is 0 Å². The van der Waals surface area contributed by atoms with E-state index in [4.69, 9.17) is 4.42 Å². The molecule has 0 aliphatic carbocycles. The van der Waals surface area contributed by atoms with E-state index in [2.05, 4.69) is 20.0 Å². The smallest absolute Gasteiger partial charge is 0.247 e. The van der Waals surface area contributed by atoms with Crippen molar-refractivity contribution in [2.75, 3.05) is 26.2 Å². The predicted octanol–water partition coefficient (Wildman–Crippen LogP) is 3.89. The molecule has 146 valence electrons. The second kappa shape index (κ2) is 8.16. The van der Waals surface area contributed by atoms with E-state index in [-0.39, 0.29) is 17.7 Å². The molecule has 1 fully saturated rings. The first-order chi connectivity index (χ1) is 13.6. The van der Waals surface area contributed by atoms with Crippen LogP contribution in [0, 0.1) is 11.6 Å². The van der Waals surface area contributed by atoms with Crippen LogP contribution in [0.1, 0.15) is 24.4 Å². The van der Waals surface area contributed by atoms with Crippen LogP contribution >= 0.6 is 0 Å². The minimum absolute atomic E-state index is 0.0164. The monoisotopic (exact) mass is 384 g/mol. The maximum Gasteiger partial charge on any atom is 0.247 e. The lowest BCUT2D eigenvalue weighted by atomic mass is 10.1. The summed E-state index contributed by atoms with van der Waals surface area (Å²) in [6.07, 6.45) is 0. The zero-order chi connectivity index (χ0) is 19.5. The minimum Gasteiger partial charge on any atom is -0.419 e. The second-order valence-electron chi connectivity index (χ2n) is 7.03. The van der Waals surface area contributed by atoms with Crippen molar-refractivity contribution in [3.05, 3.63) is 71.6 Å². The van der Waals surface area contributed by atoms with E-state index in [0.717, 1.165) is 31.7 Å². The Morgan fingerprint density at radius 2 is 1.68 bits per heavy atom. The fraction of sp³-hybridized carbons (Fsp3) is 0.333. The van der Waals surface area contributed by atoms with E-state index in [1.165, 1.54) is 18.2 Å². The first kappa shape index (κ1) is 18.7. The van der Waals surface area contributed by atoms with E-state index in [1.807, 2.05) is 19.1 Å². The molecule has 0 unspecified atom stereocenters. The Balaban J connectivity index is 1.36. The highest BCUT2D eigenvalue weighted by molar-refractivity contribution is 5.51. The van der Waals surface area contributed by atoms with Crippen LogP contribution in [0.25, 0.3) is 11.5 Å². The second-order valence-corrected chi connectivity index (χ2v) is 7.03. The number of hydrogen-bond donors (Lipinski definition) is 0. The molecule has 1 saturated heterocycles. The maximum absolute atomic E-state index is 13.8. The molecule has 1 aliphatic rings. The minimum atomic E-state index is -0.301. The summed E-state index contributed by atoms with van der Waals surface area (Å²) >= 11 is 0. The van der Waals surface area contributed by atoms with Gasteiger partial charge in [0.15, 0.2) is 0 Å². The highest BCUT2D eigenvalue weighted by Gasteiger charge is 2.26. The van der Waals surface area contributed by atoms with Crippen molar-refractivity contribution in [1.29, 1.82) is 0 Å². The number of aromatic nitrogens is 2. The van der Waals surface area contributed by atoms with Gasteiger partial charge in [0.1, 0.15) is 11.6 Å². The van der Waals surface area contributed by atoms with Gasteiger partial charge in [-0.25, -0.2) is 8.78 Å². The summed E-state index contributed by atoms with van der Waals surface area (Å²) in [6, 6.07) is 12.9. The molecule has 0 radical (unpaired) electrons. The molecule has 2 heterocycles. The molecule has 7 heteroatoms. The Bertz CT molecular complexity index is 920. The van der Waals surface area contributed by atoms with Crippen molar-refractivity contribution in [2.45, 2.75) is 19.5 Å². The molecule has 1 aliphatic heterocycles. The summed E-state index contributed by atoms with van der Waals surface area (Å²) in [5, 5.41) is 8.27. The number of halogens is 2. The summed E-state index contributed by atoms with van der Waals surface area (Å²) in [7, 11) is 0. The average molecular weight is 384 g/mol. The van der Waals surface area contributed by atoms with Gasteiger partial charge in [-0.1, -0.05) is 18.2 Å². The number of rotatable bonds is 5. The molecular weight excluding hydrogens is 362 g/mol. The fourth-order valence-electron chi connectivity index (χ4n) is 3.44. The van der Waals surface area contributed by atoms with Crippen LogP contribution in [-0.4, -0.2) is 46.2 Å². The Kier molecular flexibility index (Phi) is 5.45. The maximum atomic E-state index is 13.8. The number of benzene rings is 2. The Morgan fingerprint density at radius 1 is 0.964 bits per heavy atom. The molecule has 2 aromatic carbocycles. The van der Waals surface area contributed by atoms with Gasteiger partial charge >= 0.3 is 0 Å². The topological polar surface area (TPSA) is 45.4 Å². The van der Waals surface area contributed by atoms with Gasteiger partial charge in [0.05, 0.1) is 6.04 Å². The summed E-state index contributed by atoms with van der Waals surface area (Å²) < 4.78 is 32.7. The molecule has 5 nitrogen and oxygen atoms in total. The molecule has 1 atom stereocenters. The molecule has 1 aromatic heterocycles. The highest BCUT2D eigenvalue weighted by Crippen LogP contribution is 2.25. The van der Waals surface area contributed by atoms with Gasteiger partial charge < -0.3 is 4.42 Å². The first-order valence-corrected chi connectivity index (χ1v) is 9.39. The zero-order valence-corrected chi connectivity index (χ0v) is 15.7. The van der Waals surface area contributed by atoms with Crippen molar-refractivity contribution in [3.63, 3.8) is 0 Å². The Labute approximate surface area is 162 Å². The third-order valence-electron chi connectivity index (χ3n) is 5.20. The van der Waals surface area contributed by atoms with Gasteiger partial charge in [-0.15, -0.1) is 10.2 Å². The van der Waals surface area contributed by atoms with Crippen molar-refractivity contribution >= 4 is 0 Å². The van der Waals surface area contributed by atoms with Crippen LogP contribution in [0.5, 0.6) is 0 Å². The molecule has 0 amide bonds. The van der Waals surface area contributed by atoms with Crippen LogP contribution in [0.2, 0.25) is 0 Å². The lowest BCUT2D eigenvalue weighted by molar-refractivity contribution is 0.0870. The highest BCUT2D eigenvalue weighted by atomic mass is 19.1. The van der Waals surface area contributed by atoms with Crippen molar-refractivity contribution in [3.8, 4) is 11.5 Å². The van der Waals surface area contributed by atoms with E-state index in [9.17, 15) is 8.78 Å². The third kappa shape index (κ3) is 4.10. The molecule has 4 rings (SSSR count). The quantitative estimate of drug-likeness (QED) is 0.668. The van der Waals surface area contributed by atoms with Crippen LogP contribution in [-0.2, 0) is 6.54 Å². The summed E-state index contributed by atoms with van der Waals surface area (Å²) in [5.74, 6) is 0.476. The summed E-state index contributed by atoms with van der Waals surface area (Å²) in [4.78, 5) is 4.53. The molecule has 28 heavy (non-hydrogen) atoms. The van der Waals surface area contributed by atoms with Gasteiger partial charge in [0.25, 0.3) is 0 Å². The SMILES string of the molecule is C[C@@H](c1nnc(-c2ccc(F)cc2)o1)N1CCN(Cc2ccccc2F)CC1. The molecule has 0 bridgehead atoms. The normalized spacial score (nSPS) is 17.0. The van der Waals surface area contributed by atoms with E-state index in [0.29, 0.717) is 23.9 Å². The number of nitrogens with zero attached hydrogens (tertiary/aromatic N) is 4. The van der Waals surface area contributed by atoms with E-state index in [1.54, 1.807) is 18.2 Å². The van der Waals surface area contributed by atoms with Gasteiger partial charge in [0.2, 0.25) is 11.8 Å². The van der Waals surface area contributed by atoms with Crippen LogP contribution in [0.3, 0.4) is 0 Å². The predicted molar refractivity (Wildman–Crippen MR) is 101 cm³/mol. The zero-order valence-electron chi connectivity index (χ0n) is 15.7. The lowest BCUT2D eigenvalue weighted by Gasteiger charge is -2.36.